The van der Waals surface area contributed by atoms with Crippen LogP contribution in [0.1, 0.15) is 57.4 Å². The first kappa shape index (κ1) is 14.3. The van der Waals surface area contributed by atoms with Crippen LogP contribution in [0.15, 0.2) is 12.1 Å². The minimum absolute atomic E-state index is 0.0345. The molecule has 106 valence electrons. The van der Waals surface area contributed by atoms with Crippen LogP contribution < -0.4 is 4.74 Å². The van der Waals surface area contributed by atoms with Crippen molar-refractivity contribution in [3.8, 4) is 5.75 Å². The van der Waals surface area contributed by atoms with Gasteiger partial charge in [-0.2, -0.15) is 4.39 Å². The number of hydrogen-bond donors (Lipinski definition) is 0. The third kappa shape index (κ3) is 3.26. The van der Waals surface area contributed by atoms with Gasteiger partial charge in [0.15, 0.2) is 11.6 Å². The maximum Gasteiger partial charge on any atom is 0.200 e. The van der Waals surface area contributed by atoms with Gasteiger partial charge in [-0.15, -0.1) is 0 Å². The highest BCUT2D eigenvalue weighted by atomic mass is 19.2. The minimum Gasteiger partial charge on any atom is -0.490 e. The van der Waals surface area contributed by atoms with Gasteiger partial charge in [0, 0.05) is 0 Å². The van der Waals surface area contributed by atoms with E-state index in [2.05, 4.69) is 6.92 Å². The second-order valence-electron chi connectivity index (χ2n) is 5.59. The van der Waals surface area contributed by atoms with Crippen LogP contribution in [0.4, 0.5) is 8.78 Å². The highest BCUT2D eigenvalue weighted by Crippen LogP contribution is 2.38. The van der Waals surface area contributed by atoms with E-state index in [9.17, 15) is 8.78 Å². The summed E-state index contributed by atoms with van der Waals surface area (Å²) in [7, 11) is 0. The molecule has 1 fully saturated rings. The normalized spacial score (nSPS) is 23.4. The molecule has 0 bridgehead atoms. The Hall–Kier alpha value is -1.12. The molecule has 1 aliphatic carbocycles. The Morgan fingerprint density at radius 3 is 2.42 bits per heavy atom. The van der Waals surface area contributed by atoms with E-state index in [1.54, 1.807) is 12.1 Å². The number of rotatable bonds is 4. The number of hydrogen-bond acceptors (Lipinski definition) is 1. The molecule has 0 radical (unpaired) electrons. The molecular weight excluding hydrogens is 246 g/mol. The van der Waals surface area contributed by atoms with Gasteiger partial charge in [-0.05, 0) is 42.7 Å². The van der Waals surface area contributed by atoms with E-state index in [1.807, 2.05) is 6.92 Å². The lowest BCUT2D eigenvalue weighted by Gasteiger charge is -2.27. The third-order valence-electron chi connectivity index (χ3n) is 3.99. The Kier molecular flexibility index (Phi) is 4.78. The largest absolute Gasteiger partial charge is 0.490 e. The smallest absolute Gasteiger partial charge is 0.200 e. The zero-order chi connectivity index (χ0) is 13.8. The number of ether oxygens (including phenoxy) is 1. The van der Waals surface area contributed by atoms with Gasteiger partial charge in [0.1, 0.15) is 0 Å². The first-order chi connectivity index (χ1) is 9.13. The summed E-state index contributed by atoms with van der Waals surface area (Å²) in [5.74, 6) is -0.646. The third-order valence-corrected chi connectivity index (χ3v) is 3.99. The van der Waals surface area contributed by atoms with Gasteiger partial charge in [0.2, 0.25) is 5.82 Å². The molecule has 0 unspecified atom stereocenters. The number of benzene rings is 1. The zero-order valence-corrected chi connectivity index (χ0v) is 11.7. The molecule has 1 aromatic carbocycles. The summed E-state index contributed by atoms with van der Waals surface area (Å²) < 4.78 is 33.2. The van der Waals surface area contributed by atoms with Crippen LogP contribution in [0.25, 0.3) is 0 Å². The first-order valence-electron chi connectivity index (χ1n) is 7.24. The monoisotopic (exact) mass is 268 g/mol. The second-order valence-corrected chi connectivity index (χ2v) is 5.59. The fraction of sp³-hybridized carbons (Fsp3) is 0.625. The second kappa shape index (κ2) is 6.36. The van der Waals surface area contributed by atoms with Gasteiger partial charge in [0.25, 0.3) is 0 Å². The van der Waals surface area contributed by atoms with Gasteiger partial charge < -0.3 is 4.74 Å². The molecule has 0 saturated heterocycles. The molecule has 1 nitrogen and oxygen atoms in total. The lowest BCUT2D eigenvalue weighted by Crippen LogP contribution is -2.13. The summed E-state index contributed by atoms with van der Waals surface area (Å²) in [5.41, 5.74) is 0.522. The van der Waals surface area contributed by atoms with Crippen LogP contribution in [0.3, 0.4) is 0 Å². The summed E-state index contributed by atoms with van der Waals surface area (Å²) in [6, 6.07) is 3.27. The van der Waals surface area contributed by atoms with Crippen molar-refractivity contribution in [2.24, 2.45) is 5.92 Å². The minimum atomic E-state index is -0.829. The summed E-state index contributed by atoms with van der Waals surface area (Å²) in [5, 5.41) is 0. The van der Waals surface area contributed by atoms with Crippen molar-refractivity contribution >= 4 is 0 Å². The van der Waals surface area contributed by atoms with Gasteiger partial charge in [0.05, 0.1) is 6.61 Å². The summed E-state index contributed by atoms with van der Waals surface area (Å²) in [6.45, 7) is 4.57. The fourth-order valence-corrected chi connectivity index (χ4v) is 2.76. The van der Waals surface area contributed by atoms with E-state index in [0.29, 0.717) is 18.1 Å². The Labute approximate surface area is 114 Å². The predicted octanol–water partition coefficient (Wildman–Crippen LogP) is 5.05. The van der Waals surface area contributed by atoms with Gasteiger partial charge in [-0.1, -0.05) is 32.8 Å². The van der Waals surface area contributed by atoms with Gasteiger partial charge in [-0.25, -0.2) is 4.39 Å². The molecule has 0 N–H and O–H groups in total. The summed E-state index contributed by atoms with van der Waals surface area (Å²) >= 11 is 0. The van der Waals surface area contributed by atoms with Crippen LogP contribution in [0.2, 0.25) is 0 Å². The van der Waals surface area contributed by atoms with Crippen molar-refractivity contribution in [3.05, 3.63) is 29.3 Å². The molecule has 0 aromatic heterocycles. The molecule has 3 heteroatoms. The fourth-order valence-electron chi connectivity index (χ4n) is 2.76. The number of halogens is 2. The Balaban J connectivity index is 2.16. The quantitative estimate of drug-likeness (QED) is 0.742. The zero-order valence-electron chi connectivity index (χ0n) is 11.7. The van der Waals surface area contributed by atoms with Crippen molar-refractivity contribution in [2.75, 3.05) is 6.61 Å². The van der Waals surface area contributed by atoms with Crippen LogP contribution in [-0.4, -0.2) is 6.61 Å². The molecule has 2 rings (SSSR count). The molecule has 1 aromatic rings. The molecule has 0 heterocycles. The van der Waals surface area contributed by atoms with Gasteiger partial charge >= 0.3 is 0 Å². The van der Waals surface area contributed by atoms with Crippen LogP contribution in [0.5, 0.6) is 5.75 Å². The van der Waals surface area contributed by atoms with Crippen molar-refractivity contribution in [2.45, 2.75) is 51.9 Å². The SMILES string of the molecule is CCCOc1ccc(C2CCC(C)CC2)c(F)c1F. The molecule has 1 saturated carbocycles. The average Bonchev–Trinajstić information content (AvgIpc) is 2.42. The van der Waals surface area contributed by atoms with Gasteiger partial charge in [-0.3, -0.25) is 0 Å². The maximum absolute atomic E-state index is 14.1. The standard InChI is InChI=1S/C16H22F2O/c1-3-10-19-14-9-8-13(15(17)16(14)18)12-6-4-11(2)5-7-12/h8-9,11-12H,3-7,10H2,1-2H3. The van der Waals surface area contributed by atoms with E-state index in [1.165, 1.54) is 0 Å². The highest BCUT2D eigenvalue weighted by molar-refractivity contribution is 5.33. The maximum atomic E-state index is 14.1. The molecular formula is C16H22F2O. The topological polar surface area (TPSA) is 9.23 Å². The van der Waals surface area contributed by atoms with E-state index in [4.69, 9.17) is 4.74 Å². The van der Waals surface area contributed by atoms with E-state index in [-0.39, 0.29) is 11.7 Å². The van der Waals surface area contributed by atoms with E-state index >= 15 is 0 Å². The van der Waals surface area contributed by atoms with Crippen LogP contribution >= 0.6 is 0 Å². The molecule has 0 spiro atoms. The van der Waals surface area contributed by atoms with Crippen molar-refractivity contribution in [1.82, 2.24) is 0 Å². The molecule has 19 heavy (non-hydrogen) atoms. The average molecular weight is 268 g/mol. The Morgan fingerprint density at radius 1 is 1.11 bits per heavy atom. The highest BCUT2D eigenvalue weighted by Gasteiger charge is 2.25. The lowest BCUT2D eigenvalue weighted by molar-refractivity contribution is 0.292. The Bertz CT molecular complexity index is 423. The van der Waals surface area contributed by atoms with Crippen molar-refractivity contribution in [1.29, 1.82) is 0 Å². The lowest BCUT2D eigenvalue weighted by atomic mass is 9.79. The van der Waals surface area contributed by atoms with E-state index in [0.717, 1.165) is 32.1 Å². The molecule has 0 aliphatic heterocycles. The van der Waals surface area contributed by atoms with Crippen LogP contribution in [-0.2, 0) is 0 Å². The predicted molar refractivity (Wildman–Crippen MR) is 72.5 cm³/mol. The molecule has 0 atom stereocenters. The van der Waals surface area contributed by atoms with Crippen molar-refractivity contribution < 1.29 is 13.5 Å². The summed E-state index contributed by atoms with van der Waals surface area (Å²) in [4.78, 5) is 0. The van der Waals surface area contributed by atoms with E-state index < -0.39 is 11.6 Å². The van der Waals surface area contributed by atoms with Crippen LogP contribution in [0, 0.1) is 17.6 Å². The van der Waals surface area contributed by atoms with Crippen molar-refractivity contribution in [3.63, 3.8) is 0 Å². The molecule has 0 amide bonds. The Morgan fingerprint density at radius 2 is 1.79 bits per heavy atom. The first-order valence-corrected chi connectivity index (χ1v) is 7.24. The molecule has 1 aliphatic rings. The summed E-state index contributed by atoms with van der Waals surface area (Å²) in [6.07, 6.45) is 4.88.